The van der Waals surface area contributed by atoms with Gasteiger partial charge in [-0.25, -0.2) is 4.79 Å². The van der Waals surface area contributed by atoms with Crippen LogP contribution in [0.5, 0.6) is 0 Å². The van der Waals surface area contributed by atoms with Crippen LogP contribution < -0.4 is 10.6 Å². The van der Waals surface area contributed by atoms with Crippen molar-refractivity contribution in [3.63, 3.8) is 0 Å². The van der Waals surface area contributed by atoms with Crippen LogP contribution in [0, 0.1) is 0 Å². The number of hydrogen-bond acceptors (Lipinski definition) is 3. The third kappa shape index (κ3) is 5.12. The van der Waals surface area contributed by atoms with Gasteiger partial charge in [0.1, 0.15) is 0 Å². The maximum atomic E-state index is 10.7. The summed E-state index contributed by atoms with van der Waals surface area (Å²) < 4.78 is 0. The van der Waals surface area contributed by atoms with Gasteiger partial charge >= 0.3 is 5.97 Å². The van der Waals surface area contributed by atoms with E-state index in [-0.39, 0.29) is 0 Å². The summed E-state index contributed by atoms with van der Waals surface area (Å²) >= 11 is 0. The third-order valence-corrected chi connectivity index (χ3v) is 2.26. The summed E-state index contributed by atoms with van der Waals surface area (Å²) in [7, 11) is 0. The lowest BCUT2D eigenvalue weighted by Crippen LogP contribution is -2.20. The van der Waals surface area contributed by atoms with Crippen molar-refractivity contribution >= 4 is 12.4 Å². The van der Waals surface area contributed by atoms with E-state index in [4.69, 9.17) is 5.11 Å². The molecule has 0 spiro atoms. The molecule has 0 saturated heterocycles. The minimum atomic E-state index is -0.915. The number of carboxylic acid groups (broad SMARTS) is 1. The summed E-state index contributed by atoms with van der Waals surface area (Å²) in [4.78, 5) is 20.7. The number of carboxylic acids is 1. The van der Waals surface area contributed by atoms with E-state index in [0.717, 1.165) is 18.5 Å². The first kappa shape index (κ1) is 13.2. The van der Waals surface area contributed by atoms with Crippen molar-refractivity contribution in [3.8, 4) is 0 Å². The highest BCUT2D eigenvalue weighted by molar-refractivity contribution is 5.87. The molecule has 0 heterocycles. The van der Waals surface area contributed by atoms with Crippen molar-refractivity contribution < 1.29 is 14.7 Å². The van der Waals surface area contributed by atoms with Crippen LogP contribution in [-0.4, -0.2) is 30.6 Å². The van der Waals surface area contributed by atoms with Gasteiger partial charge in [-0.3, -0.25) is 4.79 Å². The average Bonchev–Trinajstić information content (AvgIpc) is 2.34. The Kier molecular flexibility index (Phi) is 5.74. The quantitative estimate of drug-likeness (QED) is 0.456. The lowest BCUT2D eigenvalue weighted by Gasteiger charge is -2.05. The van der Waals surface area contributed by atoms with Crippen LogP contribution >= 0.6 is 0 Å². The Labute approximate surface area is 99.8 Å². The third-order valence-electron chi connectivity index (χ3n) is 2.26. The molecule has 1 aromatic rings. The van der Waals surface area contributed by atoms with Gasteiger partial charge in [0.2, 0.25) is 6.41 Å². The molecule has 92 valence electrons. The molecule has 3 N–H and O–H groups in total. The second-order valence-electron chi connectivity index (χ2n) is 3.61. The molecule has 17 heavy (non-hydrogen) atoms. The van der Waals surface area contributed by atoms with Crippen LogP contribution in [0.4, 0.5) is 0 Å². The number of benzene rings is 1. The zero-order chi connectivity index (χ0) is 12.5. The maximum absolute atomic E-state index is 10.7. The molecular weight excluding hydrogens is 220 g/mol. The molecule has 1 aromatic carbocycles. The van der Waals surface area contributed by atoms with E-state index in [9.17, 15) is 9.59 Å². The van der Waals surface area contributed by atoms with Gasteiger partial charge in [-0.15, -0.1) is 0 Å². The number of carbonyl (C=O) groups excluding carboxylic acids is 1. The number of rotatable bonds is 8. The first-order chi connectivity index (χ1) is 8.24. The molecule has 5 nitrogen and oxygen atoms in total. The Balaban J connectivity index is 2.29. The van der Waals surface area contributed by atoms with Crippen LogP contribution in [0.1, 0.15) is 22.3 Å². The number of nitrogens with one attached hydrogen (secondary N) is 2. The predicted molar refractivity (Wildman–Crippen MR) is 63.8 cm³/mol. The lowest BCUT2D eigenvalue weighted by atomic mass is 10.1. The smallest absolute Gasteiger partial charge is 0.335 e. The van der Waals surface area contributed by atoms with Crippen LogP contribution in [-0.2, 0) is 11.3 Å². The first-order valence-corrected chi connectivity index (χ1v) is 5.44. The Morgan fingerprint density at radius 1 is 1.35 bits per heavy atom. The molecule has 0 atom stereocenters. The van der Waals surface area contributed by atoms with E-state index in [1.54, 1.807) is 18.2 Å². The molecular formula is C12H16N2O3. The van der Waals surface area contributed by atoms with Gasteiger partial charge in [-0.05, 0) is 30.7 Å². The SMILES string of the molecule is O=CNCCCNCc1cccc(C(=O)O)c1. The van der Waals surface area contributed by atoms with Gasteiger partial charge in [0.05, 0.1) is 5.56 Å². The highest BCUT2D eigenvalue weighted by Gasteiger charge is 2.02. The Bertz CT molecular complexity index is 380. The fourth-order valence-electron chi connectivity index (χ4n) is 1.42. The van der Waals surface area contributed by atoms with Crippen molar-refractivity contribution in [1.82, 2.24) is 10.6 Å². The maximum Gasteiger partial charge on any atom is 0.335 e. The summed E-state index contributed by atoms with van der Waals surface area (Å²) in [5.74, 6) is -0.915. The number of carbonyl (C=O) groups is 2. The lowest BCUT2D eigenvalue weighted by molar-refractivity contribution is -0.109. The van der Waals surface area contributed by atoms with Gasteiger partial charge in [-0.2, -0.15) is 0 Å². The van der Waals surface area contributed by atoms with E-state index in [1.807, 2.05) is 6.07 Å². The highest BCUT2D eigenvalue weighted by Crippen LogP contribution is 2.04. The second kappa shape index (κ2) is 7.40. The molecule has 0 aliphatic carbocycles. The zero-order valence-corrected chi connectivity index (χ0v) is 9.48. The summed E-state index contributed by atoms with van der Waals surface area (Å²) in [6, 6.07) is 6.83. The van der Waals surface area contributed by atoms with Gasteiger partial charge in [0, 0.05) is 13.1 Å². The molecule has 0 aliphatic rings. The molecule has 5 heteroatoms. The Morgan fingerprint density at radius 3 is 2.88 bits per heavy atom. The van der Waals surface area contributed by atoms with Crippen molar-refractivity contribution in [1.29, 1.82) is 0 Å². The molecule has 0 bridgehead atoms. The number of aromatic carboxylic acids is 1. The van der Waals surface area contributed by atoms with Gasteiger partial charge < -0.3 is 15.7 Å². The van der Waals surface area contributed by atoms with Gasteiger partial charge in [-0.1, -0.05) is 12.1 Å². The first-order valence-electron chi connectivity index (χ1n) is 5.44. The average molecular weight is 236 g/mol. The molecule has 0 aliphatic heterocycles. The topological polar surface area (TPSA) is 78.4 Å². The number of hydrogen-bond donors (Lipinski definition) is 3. The van der Waals surface area contributed by atoms with Crippen LogP contribution in [0.3, 0.4) is 0 Å². The van der Waals surface area contributed by atoms with Crippen LogP contribution in [0.15, 0.2) is 24.3 Å². The van der Waals surface area contributed by atoms with E-state index in [1.165, 1.54) is 0 Å². The largest absolute Gasteiger partial charge is 0.478 e. The van der Waals surface area contributed by atoms with Gasteiger partial charge in [0.15, 0.2) is 0 Å². The van der Waals surface area contributed by atoms with E-state index < -0.39 is 5.97 Å². The van der Waals surface area contributed by atoms with Crippen molar-refractivity contribution in [3.05, 3.63) is 35.4 Å². The van der Waals surface area contributed by atoms with Crippen molar-refractivity contribution in [2.45, 2.75) is 13.0 Å². The fraction of sp³-hybridized carbons (Fsp3) is 0.333. The van der Waals surface area contributed by atoms with E-state index >= 15 is 0 Å². The summed E-state index contributed by atoms with van der Waals surface area (Å²) in [5, 5.41) is 14.6. The second-order valence-corrected chi connectivity index (χ2v) is 3.61. The summed E-state index contributed by atoms with van der Waals surface area (Å²) in [6.45, 7) is 2.05. The summed E-state index contributed by atoms with van der Waals surface area (Å²) in [6.07, 6.45) is 1.52. The van der Waals surface area contributed by atoms with Crippen molar-refractivity contribution in [2.24, 2.45) is 0 Å². The van der Waals surface area contributed by atoms with Crippen LogP contribution in [0.2, 0.25) is 0 Å². The predicted octanol–water partition coefficient (Wildman–Crippen LogP) is 0.610. The molecule has 0 aromatic heterocycles. The molecule has 1 rings (SSSR count). The molecule has 0 saturated carbocycles. The van der Waals surface area contributed by atoms with Gasteiger partial charge in [0.25, 0.3) is 0 Å². The van der Waals surface area contributed by atoms with E-state index in [2.05, 4.69) is 10.6 Å². The molecule has 0 radical (unpaired) electrons. The standard InChI is InChI=1S/C12H16N2O3/c15-9-14-6-2-5-13-8-10-3-1-4-11(7-10)12(16)17/h1,3-4,7,9,13H,2,5-6,8H2,(H,14,15)(H,16,17). The minimum absolute atomic E-state index is 0.298. The molecule has 0 fully saturated rings. The molecule has 0 unspecified atom stereocenters. The summed E-state index contributed by atoms with van der Waals surface area (Å²) in [5.41, 5.74) is 1.24. The minimum Gasteiger partial charge on any atom is -0.478 e. The Hall–Kier alpha value is -1.88. The monoisotopic (exact) mass is 236 g/mol. The number of amides is 1. The zero-order valence-electron chi connectivity index (χ0n) is 9.48. The molecule has 1 amide bonds. The Morgan fingerprint density at radius 2 is 2.18 bits per heavy atom. The fourth-order valence-corrected chi connectivity index (χ4v) is 1.42. The normalized spacial score (nSPS) is 9.88. The van der Waals surface area contributed by atoms with E-state index in [0.29, 0.717) is 25.1 Å². The van der Waals surface area contributed by atoms with Crippen molar-refractivity contribution in [2.75, 3.05) is 13.1 Å². The highest BCUT2D eigenvalue weighted by atomic mass is 16.4. The van der Waals surface area contributed by atoms with Crippen LogP contribution in [0.25, 0.3) is 0 Å².